The van der Waals surface area contributed by atoms with Crippen LogP contribution in [-0.4, -0.2) is 48.7 Å². The summed E-state index contributed by atoms with van der Waals surface area (Å²) in [7, 11) is 1.26. The molecule has 0 saturated carbocycles. The van der Waals surface area contributed by atoms with Crippen molar-refractivity contribution in [2.24, 2.45) is 5.92 Å². The van der Waals surface area contributed by atoms with E-state index < -0.39 is 5.97 Å². The number of furan rings is 1. The number of nitrogens with zero attached hydrogens (tertiary/aromatic N) is 4. The molecule has 0 aliphatic carbocycles. The number of hydrogen-bond donors (Lipinski definition) is 2. The van der Waals surface area contributed by atoms with Crippen molar-refractivity contribution in [3.8, 4) is 11.6 Å². The summed E-state index contributed by atoms with van der Waals surface area (Å²) in [4.78, 5) is 19.9. The first-order valence-corrected chi connectivity index (χ1v) is 11.0. The van der Waals surface area contributed by atoms with Crippen LogP contribution in [-0.2, 0) is 16.1 Å². The third kappa shape index (κ3) is 4.40. The van der Waals surface area contributed by atoms with Crippen molar-refractivity contribution in [2.45, 2.75) is 25.5 Å². The van der Waals surface area contributed by atoms with Gasteiger partial charge in [0.2, 0.25) is 0 Å². The van der Waals surface area contributed by atoms with E-state index in [0.29, 0.717) is 34.7 Å². The van der Waals surface area contributed by atoms with Crippen LogP contribution < -0.4 is 0 Å². The minimum absolute atomic E-state index is 0.0163. The second kappa shape index (κ2) is 9.31. The topological polar surface area (TPSA) is 119 Å². The molecule has 0 aliphatic rings. The third-order valence-electron chi connectivity index (χ3n) is 4.65. The predicted molar refractivity (Wildman–Crippen MR) is 121 cm³/mol. The Morgan fingerprint density at radius 1 is 1.25 bits per heavy atom. The third-order valence-corrected chi connectivity index (χ3v) is 5.63. The van der Waals surface area contributed by atoms with Crippen LogP contribution in [0.1, 0.15) is 19.7 Å². The average molecular weight is 454 g/mol. The Hall–Kier alpha value is -3.53. The van der Waals surface area contributed by atoms with E-state index in [1.54, 1.807) is 12.3 Å². The molecule has 0 spiro atoms. The minimum atomic E-state index is -0.679. The van der Waals surface area contributed by atoms with E-state index >= 15 is 0 Å². The van der Waals surface area contributed by atoms with Crippen molar-refractivity contribution in [1.29, 1.82) is 0 Å². The predicted octanol–water partition coefficient (Wildman–Crippen LogP) is 4.30. The zero-order valence-corrected chi connectivity index (χ0v) is 18.7. The second-order valence-corrected chi connectivity index (χ2v) is 8.43. The maximum Gasteiger partial charge on any atom is 0.345 e. The molecular weight excluding hydrogens is 430 g/mol. The lowest BCUT2D eigenvalue weighted by Gasteiger charge is -2.12. The summed E-state index contributed by atoms with van der Waals surface area (Å²) in [5, 5.41) is 20.0. The van der Waals surface area contributed by atoms with Gasteiger partial charge in [0, 0.05) is 6.54 Å². The molecule has 0 unspecified atom stereocenters. The fraction of sp³-hybridized carbons (Fsp3) is 0.273. The second-order valence-electron chi connectivity index (χ2n) is 7.49. The van der Waals surface area contributed by atoms with Crippen molar-refractivity contribution >= 4 is 34.3 Å². The molecule has 4 aromatic rings. The number of benzene rings is 1. The summed E-state index contributed by atoms with van der Waals surface area (Å²) >= 11 is 1.26. The molecule has 3 heterocycles. The van der Waals surface area contributed by atoms with Gasteiger partial charge in [-0.05, 0) is 30.2 Å². The van der Waals surface area contributed by atoms with Crippen LogP contribution in [0.2, 0.25) is 0 Å². The number of nitrogens with one attached hydrogen (secondary N) is 1. The zero-order valence-electron chi connectivity index (χ0n) is 17.9. The van der Waals surface area contributed by atoms with E-state index in [-0.39, 0.29) is 22.9 Å². The smallest absolute Gasteiger partial charge is 0.345 e. The number of aliphatic hydroxyl groups is 1. The number of aromatic amines is 1. The lowest BCUT2D eigenvalue weighted by atomic mass is 10.2. The maximum atomic E-state index is 12.5. The van der Waals surface area contributed by atoms with Crippen LogP contribution in [0.15, 0.2) is 58.0 Å². The van der Waals surface area contributed by atoms with Crippen LogP contribution in [0.3, 0.4) is 0 Å². The van der Waals surface area contributed by atoms with Gasteiger partial charge in [0.1, 0.15) is 17.2 Å². The molecule has 32 heavy (non-hydrogen) atoms. The van der Waals surface area contributed by atoms with Crippen LogP contribution in [0, 0.1) is 5.92 Å². The number of aromatic nitrogens is 5. The quantitative estimate of drug-likeness (QED) is 0.175. The number of imidazole rings is 1. The number of carbonyl (C=O) groups excluding carboxylic acids is 1. The maximum absolute atomic E-state index is 12.5. The molecular formula is C22H23N5O4S. The normalized spacial score (nSPS) is 12.4. The fourth-order valence-corrected chi connectivity index (χ4v) is 4.07. The van der Waals surface area contributed by atoms with E-state index in [9.17, 15) is 9.90 Å². The molecule has 2 N–H and O–H groups in total. The van der Waals surface area contributed by atoms with Crippen molar-refractivity contribution in [3.63, 3.8) is 0 Å². The number of carbonyl (C=O) groups is 1. The van der Waals surface area contributed by atoms with Crippen molar-refractivity contribution in [1.82, 2.24) is 24.7 Å². The number of fused-ring (bicyclic) bond motifs is 1. The van der Waals surface area contributed by atoms with Gasteiger partial charge in [0.25, 0.3) is 0 Å². The number of esters is 1. The molecule has 0 radical (unpaired) electrons. The Morgan fingerprint density at radius 2 is 2.06 bits per heavy atom. The highest BCUT2D eigenvalue weighted by molar-refractivity contribution is 7.99. The monoisotopic (exact) mass is 453 g/mol. The van der Waals surface area contributed by atoms with E-state index in [1.807, 2.05) is 34.9 Å². The van der Waals surface area contributed by atoms with E-state index in [0.717, 1.165) is 5.52 Å². The Morgan fingerprint density at radius 3 is 2.75 bits per heavy atom. The van der Waals surface area contributed by atoms with Gasteiger partial charge in [-0.3, -0.25) is 4.57 Å². The summed E-state index contributed by atoms with van der Waals surface area (Å²) in [6.07, 6.45) is 1.58. The van der Waals surface area contributed by atoms with Crippen molar-refractivity contribution in [3.05, 3.63) is 54.2 Å². The first-order chi connectivity index (χ1) is 15.5. The summed E-state index contributed by atoms with van der Waals surface area (Å²) in [6.45, 7) is 4.85. The van der Waals surface area contributed by atoms with E-state index in [2.05, 4.69) is 34.0 Å². The molecule has 4 rings (SSSR count). The molecule has 0 amide bonds. The Bertz CT molecular complexity index is 1220. The number of thioether (sulfide) groups is 1. The van der Waals surface area contributed by atoms with E-state index in [4.69, 9.17) is 9.15 Å². The van der Waals surface area contributed by atoms with Crippen molar-refractivity contribution < 1.29 is 19.1 Å². The van der Waals surface area contributed by atoms with Crippen molar-refractivity contribution in [2.75, 3.05) is 12.9 Å². The van der Waals surface area contributed by atoms with Crippen LogP contribution in [0.4, 0.5) is 0 Å². The molecule has 1 aromatic carbocycles. The van der Waals surface area contributed by atoms with Gasteiger partial charge in [-0.15, -0.1) is 10.2 Å². The molecule has 166 valence electrons. The molecule has 0 atom stereocenters. The Kier molecular flexibility index (Phi) is 6.31. The van der Waals surface area contributed by atoms with Gasteiger partial charge in [-0.1, -0.05) is 37.7 Å². The fourth-order valence-electron chi connectivity index (χ4n) is 3.24. The van der Waals surface area contributed by atoms with E-state index in [1.165, 1.54) is 18.9 Å². The Labute approximate surface area is 188 Å². The molecule has 0 aliphatic heterocycles. The number of aliphatic hydroxyl groups excluding tert-OH is 1. The van der Waals surface area contributed by atoms with Gasteiger partial charge in [0.05, 0.1) is 30.2 Å². The molecule has 0 saturated heterocycles. The number of ether oxygens (including phenoxy) is 1. The zero-order chi connectivity index (χ0) is 22.7. The number of H-pyrrole nitrogens is 1. The first-order valence-electron chi connectivity index (χ1n) is 10.0. The minimum Gasteiger partial charge on any atom is -0.510 e. The summed E-state index contributed by atoms with van der Waals surface area (Å²) in [5.74, 6) is 1.04. The molecule has 9 nitrogen and oxygen atoms in total. The lowest BCUT2D eigenvalue weighted by molar-refractivity contribution is -0.133. The number of para-hydroxylation sites is 2. The van der Waals surface area contributed by atoms with Crippen LogP contribution in [0.5, 0.6) is 0 Å². The molecule has 10 heteroatoms. The number of rotatable bonds is 8. The SMILES string of the molecule is COC(=O)/C(=C(/O)CSc1nnc(-c2ccco2)n1CC(C)C)c1nc2ccccc2[nH]1. The van der Waals surface area contributed by atoms with Gasteiger partial charge in [0.15, 0.2) is 16.7 Å². The van der Waals surface area contributed by atoms with Gasteiger partial charge >= 0.3 is 5.97 Å². The Balaban J connectivity index is 1.65. The van der Waals surface area contributed by atoms with Gasteiger partial charge in [-0.25, -0.2) is 9.78 Å². The van der Waals surface area contributed by atoms with Crippen LogP contribution in [0.25, 0.3) is 28.2 Å². The highest BCUT2D eigenvalue weighted by Gasteiger charge is 2.24. The standard InChI is InChI=1S/C22H23N5O4S/c1-13(2)11-27-20(17-9-6-10-31-17)25-26-22(27)32-12-16(28)18(21(29)30-3)19-23-14-7-4-5-8-15(14)24-19/h4-10,13,28H,11-12H2,1-3H3,(H,23,24)/b18-16+. The number of methoxy groups -OCH3 is 1. The summed E-state index contributed by atoms with van der Waals surface area (Å²) in [6, 6.07) is 11.0. The summed E-state index contributed by atoms with van der Waals surface area (Å²) in [5.41, 5.74) is 1.42. The largest absolute Gasteiger partial charge is 0.510 e. The first kappa shape index (κ1) is 21.7. The highest BCUT2D eigenvalue weighted by Crippen LogP contribution is 2.28. The highest BCUT2D eigenvalue weighted by atomic mass is 32.2. The number of hydrogen-bond acceptors (Lipinski definition) is 8. The summed E-state index contributed by atoms with van der Waals surface area (Å²) < 4.78 is 12.3. The molecule has 0 fully saturated rings. The molecule has 3 aromatic heterocycles. The lowest BCUT2D eigenvalue weighted by Crippen LogP contribution is -2.11. The molecule has 0 bridgehead atoms. The van der Waals surface area contributed by atoms with Gasteiger partial charge < -0.3 is 19.2 Å². The average Bonchev–Trinajstić information content (AvgIpc) is 3.51. The van der Waals surface area contributed by atoms with Crippen LogP contribution >= 0.6 is 11.8 Å². The van der Waals surface area contributed by atoms with Gasteiger partial charge in [-0.2, -0.15) is 0 Å².